The van der Waals surface area contributed by atoms with Gasteiger partial charge in [0.15, 0.2) is 17.9 Å². The molecular formula is C20H28N2O6S. The van der Waals surface area contributed by atoms with Gasteiger partial charge in [0.25, 0.3) is 0 Å². The largest absolute Gasteiger partial charge is 0.361 e. The van der Waals surface area contributed by atoms with E-state index < -0.39 is 22.6 Å². The Kier molecular flexibility index (Phi) is 5.47. The van der Waals surface area contributed by atoms with Crippen molar-refractivity contribution in [3.63, 3.8) is 0 Å². The number of thioether (sulfide) groups is 1. The highest BCUT2D eigenvalue weighted by Gasteiger charge is 2.68. The molecule has 8 nitrogen and oxygen atoms in total. The van der Waals surface area contributed by atoms with Crippen molar-refractivity contribution in [1.82, 2.24) is 5.16 Å². The fourth-order valence-electron chi connectivity index (χ4n) is 4.34. The Morgan fingerprint density at radius 1 is 1.17 bits per heavy atom. The van der Waals surface area contributed by atoms with Crippen molar-refractivity contribution in [1.29, 1.82) is 5.26 Å². The highest BCUT2D eigenvalue weighted by atomic mass is 32.2. The van der Waals surface area contributed by atoms with Gasteiger partial charge in [-0.25, -0.2) is 0 Å². The van der Waals surface area contributed by atoms with Crippen LogP contribution in [0.4, 0.5) is 0 Å². The molecule has 4 heterocycles. The molecular weight excluding hydrogens is 396 g/mol. The highest BCUT2D eigenvalue weighted by molar-refractivity contribution is 7.99. The van der Waals surface area contributed by atoms with Gasteiger partial charge in [-0.05, 0) is 40.4 Å². The molecule has 4 rings (SSSR count). The molecule has 5 atom stereocenters. The fraction of sp³-hybridized carbons (Fsp3) is 0.800. The predicted molar refractivity (Wildman–Crippen MR) is 104 cm³/mol. The van der Waals surface area contributed by atoms with Crippen LogP contribution in [0.5, 0.6) is 0 Å². The van der Waals surface area contributed by atoms with Gasteiger partial charge in [0.05, 0.1) is 12.7 Å². The number of nitrogens with zero attached hydrogens (tertiary/aromatic N) is 2. The zero-order chi connectivity index (χ0) is 20.9. The quantitative estimate of drug-likeness (QED) is 0.638. The van der Waals surface area contributed by atoms with Gasteiger partial charge < -0.3 is 28.2 Å². The van der Waals surface area contributed by atoms with Crippen LogP contribution in [0.15, 0.2) is 10.6 Å². The minimum Gasteiger partial charge on any atom is -0.361 e. The summed E-state index contributed by atoms with van der Waals surface area (Å²) in [6.07, 6.45) is 2.29. The van der Waals surface area contributed by atoms with Crippen LogP contribution in [0.3, 0.4) is 0 Å². The molecule has 29 heavy (non-hydrogen) atoms. The van der Waals surface area contributed by atoms with Gasteiger partial charge in [0, 0.05) is 18.9 Å². The van der Waals surface area contributed by atoms with Crippen molar-refractivity contribution < 1.29 is 28.2 Å². The Labute approximate surface area is 175 Å². The number of hydrogen-bond donors (Lipinski definition) is 0. The summed E-state index contributed by atoms with van der Waals surface area (Å²) >= 11 is 1.61. The summed E-state index contributed by atoms with van der Waals surface area (Å²) in [5, 5.41) is 13.2. The molecule has 0 unspecified atom stereocenters. The molecule has 0 N–H and O–H groups in total. The lowest BCUT2D eigenvalue weighted by atomic mass is 9.89. The molecule has 1 aromatic rings. The molecule has 1 aromatic heterocycles. The fourth-order valence-corrected chi connectivity index (χ4v) is 5.48. The molecule has 160 valence electrons. The van der Waals surface area contributed by atoms with Crippen LogP contribution in [-0.4, -0.2) is 54.2 Å². The minimum atomic E-state index is -0.757. The first-order valence-electron chi connectivity index (χ1n) is 9.92. The van der Waals surface area contributed by atoms with Crippen molar-refractivity contribution in [2.75, 3.05) is 12.9 Å². The Morgan fingerprint density at radius 2 is 1.97 bits per heavy atom. The zero-order valence-corrected chi connectivity index (χ0v) is 18.3. The molecule has 0 saturated carbocycles. The number of unbranched alkanes of at least 4 members (excludes halogenated alkanes) is 1. The molecule has 9 heteroatoms. The van der Waals surface area contributed by atoms with Gasteiger partial charge in [0.2, 0.25) is 0 Å². The van der Waals surface area contributed by atoms with Gasteiger partial charge in [-0.15, -0.1) is 11.8 Å². The molecule has 0 radical (unpaired) electrons. The van der Waals surface area contributed by atoms with Crippen molar-refractivity contribution in [2.24, 2.45) is 0 Å². The van der Waals surface area contributed by atoms with Gasteiger partial charge in [-0.2, -0.15) is 5.26 Å². The van der Waals surface area contributed by atoms with E-state index in [0.29, 0.717) is 19.4 Å². The maximum atomic E-state index is 8.78. The highest BCUT2D eigenvalue weighted by Crippen LogP contribution is 2.56. The van der Waals surface area contributed by atoms with E-state index in [1.165, 1.54) is 0 Å². The maximum Gasteiger partial charge on any atom is 0.189 e. The molecule has 0 aliphatic carbocycles. The van der Waals surface area contributed by atoms with E-state index in [-0.39, 0.29) is 18.3 Å². The van der Waals surface area contributed by atoms with Crippen LogP contribution in [0.2, 0.25) is 0 Å². The van der Waals surface area contributed by atoms with Gasteiger partial charge in [-0.3, -0.25) is 0 Å². The maximum absolute atomic E-state index is 8.78. The summed E-state index contributed by atoms with van der Waals surface area (Å²) in [5.74, 6) is -0.691. The van der Waals surface area contributed by atoms with Crippen LogP contribution in [0.1, 0.15) is 52.0 Å². The number of ether oxygens (including phenoxy) is 5. The molecule has 3 aliphatic rings. The molecule has 3 saturated heterocycles. The van der Waals surface area contributed by atoms with Crippen LogP contribution in [0.25, 0.3) is 0 Å². The average Bonchev–Trinajstić information content (AvgIpc) is 3.37. The SMILES string of the molecule is CS[C@@]1(c2cc(CCCC#N)on2)[C@@H]([C@H]2COC(C)(C)O2)O[C@@H]2OC(C)(C)O[C@@H]21. The lowest BCUT2D eigenvalue weighted by Crippen LogP contribution is -2.49. The first kappa shape index (κ1) is 21.1. The first-order chi connectivity index (χ1) is 13.7. The third-order valence-corrected chi connectivity index (χ3v) is 6.91. The van der Waals surface area contributed by atoms with Gasteiger partial charge >= 0.3 is 0 Å². The predicted octanol–water partition coefficient (Wildman–Crippen LogP) is 3.11. The van der Waals surface area contributed by atoms with Crippen molar-refractivity contribution in [2.45, 2.75) is 87.9 Å². The summed E-state index contributed by atoms with van der Waals surface area (Å²) in [5.41, 5.74) is 0.740. The average molecular weight is 425 g/mol. The van der Waals surface area contributed by atoms with E-state index in [0.717, 1.165) is 17.9 Å². The third kappa shape index (κ3) is 3.71. The second-order valence-electron chi connectivity index (χ2n) is 8.54. The molecule has 0 bridgehead atoms. The van der Waals surface area contributed by atoms with E-state index in [4.69, 9.17) is 33.5 Å². The van der Waals surface area contributed by atoms with Crippen LogP contribution >= 0.6 is 11.8 Å². The molecule has 0 aromatic carbocycles. The van der Waals surface area contributed by atoms with Crippen LogP contribution in [0, 0.1) is 11.3 Å². The summed E-state index contributed by atoms with van der Waals surface area (Å²) < 4.78 is 35.6. The zero-order valence-electron chi connectivity index (χ0n) is 17.5. The smallest absolute Gasteiger partial charge is 0.189 e. The van der Waals surface area contributed by atoms with E-state index in [9.17, 15) is 0 Å². The Bertz CT molecular complexity index is 790. The molecule has 0 amide bonds. The number of fused-ring (bicyclic) bond motifs is 1. The van der Waals surface area contributed by atoms with E-state index in [2.05, 4.69) is 11.2 Å². The van der Waals surface area contributed by atoms with Crippen LogP contribution < -0.4 is 0 Å². The summed E-state index contributed by atoms with van der Waals surface area (Å²) in [4.78, 5) is 0. The number of aromatic nitrogens is 1. The normalized spacial score (nSPS) is 37.5. The van der Waals surface area contributed by atoms with Gasteiger partial charge in [-0.1, -0.05) is 5.16 Å². The van der Waals surface area contributed by atoms with Crippen molar-refractivity contribution in [3.8, 4) is 6.07 Å². The van der Waals surface area contributed by atoms with E-state index in [1.54, 1.807) is 11.8 Å². The lowest BCUT2D eigenvalue weighted by Gasteiger charge is -2.37. The van der Waals surface area contributed by atoms with Gasteiger partial charge in [0.1, 0.15) is 34.5 Å². The number of aryl methyl sites for hydroxylation is 1. The summed E-state index contributed by atoms with van der Waals surface area (Å²) in [6.45, 7) is 7.95. The summed E-state index contributed by atoms with van der Waals surface area (Å²) in [6, 6.07) is 4.10. The molecule has 0 spiro atoms. The number of rotatable bonds is 6. The van der Waals surface area contributed by atoms with E-state index >= 15 is 0 Å². The van der Waals surface area contributed by atoms with Crippen molar-refractivity contribution >= 4 is 11.8 Å². The number of nitriles is 1. The topological polar surface area (TPSA) is 96.0 Å². The first-order valence-corrected chi connectivity index (χ1v) is 11.1. The Balaban J connectivity index is 1.68. The summed E-state index contributed by atoms with van der Waals surface area (Å²) in [7, 11) is 0. The number of hydrogen-bond acceptors (Lipinski definition) is 9. The molecule has 3 aliphatic heterocycles. The minimum absolute atomic E-state index is 0.294. The molecule has 3 fully saturated rings. The third-order valence-electron chi connectivity index (χ3n) is 5.56. The second-order valence-corrected chi connectivity index (χ2v) is 9.62. The standard InChI is InChI=1S/C20H28N2O6S/c1-18(2)23-11-13(25-18)15-20(29-5,16-17(24-15)27-19(3,4)26-16)14-10-12(28-22-14)8-6-7-9-21/h10,13,15-17H,6-8,11H2,1-5H3/t13-,15-,16+,17-,20+/m1/s1. The van der Waals surface area contributed by atoms with Crippen LogP contribution in [-0.2, 0) is 34.9 Å². The second kappa shape index (κ2) is 7.52. The van der Waals surface area contributed by atoms with E-state index in [1.807, 2.05) is 40.0 Å². The van der Waals surface area contributed by atoms with Crippen molar-refractivity contribution in [3.05, 3.63) is 17.5 Å². The Hall–Kier alpha value is -1.15. The Morgan fingerprint density at radius 3 is 2.62 bits per heavy atom. The monoisotopic (exact) mass is 424 g/mol. The lowest BCUT2D eigenvalue weighted by molar-refractivity contribution is -0.225.